The molecular formula is C45H58N4O11. The first-order valence-electron chi connectivity index (χ1n) is 20.5. The van der Waals surface area contributed by atoms with E-state index in [-0.39, 0.29) is 38.4 Å². The molecule has 3 aromatic carbocycles. The smallest absolute Gasteiger partial charge is 0.326 e. The van der Waals surface area contributed by atoms with Crippen LogP contribution in [0, 0.1) is 5.92 Å². The molecular weight excluding hydrogens is 773 g/mol. The SMILES string of the molecule is CC[C@H](C)[C@H](NC(=O)[C@H](C)NC(=O)[C@H](CCC(=O)OCc1ccccc1)NC(=O)C[C@H](NCc1ccccc1)C1O[C@@H]2OC(C)(C)O[C@@H]2[C@H]1OCc1ccccc1)C(=O)O. The number of hydrogen-bond donors (Lipinski definition) is 5. The molecule has 0 bridgehead atoms. The van der Waals surface area contributed by atoms with E-state index in [0.29, 0.717) is 13.0 Å². The lowest BCUT2D eigenvalue weighted by Gasteiger charge is -2.32. The summed E-state index contributed by atoms with van der Waals surface area (Å²) < 4.78 is 30.8. The number of esters is 1. The molecule has 0 saturated carbocycles. The highest BCUT2D eigenvalue weighted by Crippen LogP contribution is 2.40. The zero-order valence-corrected chi connectivity index (χ0v) is 34.8. The van der Waals surface area contributed by atoms with Crippen LogP contribution >= 0.6 is 0 Å². The minimum atomic E-state index is -1.28. The number of aliphatic carboxylic acids is 1. The molecule has 5 N–H and O–H groups in total. The zero-order valence-electron chi connectivity index (χ0n) is 34.8. The minimum Gasteiger partial charge on any atom is -0.480 e. The second kappa shape index (κ2) is 21.9. The average Bonchev–Trinajstić information content (AvgIpc) is 3.72. The van der Waals surface area contributed by atoms with Crippen LogP contribution < -0.4 is 21.3 Å². The maximum absolute atomic E-state index is 14.1. The van der Waals surface area contributed by atoms with Crippen molar-refractivity contribution < 1.29 is 52.8 Å². The first kappa shape index (κ1) is 45.9. The van der Waals surface area contributed by atoms with Crippen molar-refractivity contribution in [2.45, 2.75) is 135 Å². The van der Waals surface area contributed by atoms with Crippen LogP contribution in [-0.2, 0) is 67.4 Å². The lowest BCUT2D eigenvalue weighted by Crippen LogP contribution is -2.56. The van der Waals surface area contributed by atoms with Gasteiger partial charge in [-0.25, -0.2) is 4.79 Å². The first-order valence-corrected chi connectivity index (χ1v) is 20.5. The summed E-state index contributed by atoms with van der Waals surface area (Å²) in [6.07, 6.45) is -2.87. The van der Waals surface area contributed by atoms with E-state index >= 15 is 0 Å². The van der Waals surface area contributed by atoms with Crippen molar-refractivity contribution in [2.24, 2.45) is 5.92 Å². The minimum absolute atomic E-state index is 0.0251. The average molecular weight is 831 g/mol. The highest BCUT2D eigenvalue weighted by molar-refractivity contribution is 5.93. The molecule has 5 rings (SSSR count). The number of fused-ring (bicyclic) bond motifs is 1. The van der Waals surface area contributed by atoms with E-state index in [1.54, 1.807) is 20.8 Å². The highest BCUT2D eigenvalue weighted by Gasteiger charge is 2.57. The number of ether oxygens (including phenoxy) is 5. The van der Waals surface area contributed by atoms with Gasteiger partial charge in [-0.05, 0) is 49.8 Å². The van der Waals surface area contributed by atoms with Crippen LogP contribution in [0.25, 0.3) is 0 Å². The number of hydrogen-bond acceptors (Lipinski definition) is 11. The third-order valence-electron chi connectivity index (χ3n) is 10.6. The number of carboxylic acids is 1. The lowest BCUT2D eigenvalue weighted by molar-refractivity contribution is -0.222. The molecule has 0 radical (unpaired) electrons. The lowest BCUT2D eigenvalue weighted by atomic mass is 9.98. The largest absolute Gasteiger partial charge is 0.480 e. The number of benzene rings is 3. The highest BCUT2D eigenvalue weighted by atomic mass is 16.8. The number of rotatable bonds is 22. The number of carbonyl (C=O) groups excluding carboxylic acids is 4. The van der Waals surface area contributed by atoms with Crippen LogP contribution in [0.4, 0.5) is 0 Å². The molecule has 0 aliphatic carbocycles. The Morgan fingerprint density at radius 3 is 1.98 bits per heavy atom. The Hall–Kier alpha value is -5.19. The molecule has 9 atom stereocenters. The third-order valence-corrected chi connectivity index (χ3v) is 10.6. The van der Waals surface area contributed by atoms with Crippen LogP contribution in [-0.4, -0.2) is 89.3 Å². The number of carbonyl (C=O) groups is 5. The topological polar surface area (TPSA) is 200 Å². The van der Waals surface area contributed by atoms with Gasteiger partial charge in [-0.1, -0.05) is 111 Å². The summed E-state index contributed by atoms with van der Waals surface area (Å²) in [5.74, 6) is -5.11. The Kier molecular flexibility index (Phi) is 16.7. The van der Waals surface area contributed by atoms with Gasteiger partial charge in [0.25, 0.3) is 0 Å². The van der Waals surface area contributed by atoms with E-state index in [9.17, 15) is 29.1 Å². The molecule has 15 heteroatoms. The van der Waals surface area contributed by atoms with Gasteiger partial charge in [-0.2, -0.15) is 0 Å². The number of nitrogens with one attached hydrogen (secondary N) is 4. The van der Waals surface area contributed by atoms with Crippen LogP contribution in [0.1, 0.15) is 77.0 Å². The van der Waals surface area contributed by atoms with E-state index in [4.69, 9.17) is 23.7 Å². The van der Waals surface area contributed by atoms with Crippen molar-refractivity contribution in [1.29, 1.82) is 0 Å². The van der Waals surface area contributed by atoms with Crippen LogP contribution in [0.2, 0.25) is 0 Å². The Morgan fingerprint density at radius 2 is 1.38 bits per heavy atom. The zero-order chi connectivity index (χ0) is 43.2. The molecule has 2 aliphatic heterocycles. The van der Waals surface area contributed by atoms with Gasteiger partial charge in [-0.3, -0.25) is 19.2 Å². The van der Waals surface area contributed by atoms with Crippen molar-refractivity contribution in [3.05, 3.63) is 108 Å². The summed E-state index contributed by atoms with van der Waals surface area (Å²) >= 11 is 0. The summed E-state index contributed by atoms with van der Waals surface area (Å²) in [6.45, 7) is 9.14. The number of amides is 3. The van der Waals surface area contributed by atoms with Crippen molar-refractivity contribution in [1.82, 2.24) is 21.3 Å². The van der Waals surface area contributed by atoms with Gasteiger partial charge in [0, 0.05) is 25.4 Å². The molecule has 2 aliphatic rings. The fraction of sp³-hybridized carbons (Fsp3) is 0.489. The molecule has 15 nitrogen and oxygen atoms in total. The van der Waals surface area contributed by atoms with E-state index < -0.39 is 84.2 Å². The molecule has 3 aromatic rings. The standard InChI is InChI=1S/C45H58N4O11/c1-6-28(2)37(43(54)55)49-41(52)29(3)47-42(53)33(22-23-36(51)56-26-31-18-12-8-13-19-31)48-35(50)24-34(46-25-30-16-10-7-11-17-30)38-39(57-27-32-20-14-9-15-21-32)40-44(58-38)60-45(4,5)59-40/h7-21,28-29,33-34,37-40,44,46H,6,22-27H2,1-5H3,(H,47,53)(H,48,50)(H,49,52)(H,54,55)/t28-,29-,33-,34-,37-,38?,39-,40+,44+/m0/s1. The van der Waals surface area contributed by atoms with Crippen LogP contribution in [0.3, 0.4) is 0 Å². The fourth-order valence-corrected chi connectivity index (χ4v) is 7.07. The second-order valence-corrected chi connectivity index (χ2v) is 15.8. The van der Waals surface area contributed by atoms with Gasteiger partial charge in [0.05, 0.1) is 6.61 Å². The monoisotopic (exact) mass is 830 g/mol. The summed E-state index contributed by atoms with van der Waals surface area (Å²) in [4.78, 5) is 65.9. The molecule has 324 valence electrons. The van der Waals surface area contributed by atoms with Crippen molar-refractivity contribution in [2.75, 3.05) is 0 Å². The first-order chi connectivity index (χ1) is 28.7. The molecule has 60 heavy (non-hydrogen) atoms. The molecule has 3 amide bonds. The maximum atomic E-state index is 14.1. The van der Waals surface area contributed by atoms with Gasteiger partial charge >= 0.3 is 11.9 Å². The molecule has 1 unspecified atom stereocenters. The van der Waals surface area contributed by atoms with E-state index in [1.807, 2.05) is 97.9 Å². The summed E-state index contributed by atoms with van der Waals surface area (Å²) in [6, 6.07) is 24.1. The Labute approximate surface area is 351 Å². The van der Waals surface area contributed by atoms with E-state index in [0.717, 1.165) is 16.7 Å². The molecule has 2 saturated heterocycles. The molecule has 0 aromatic heterocycles. The Balaban J connectivity index is 1.33. The van der Waals surface area contributed by atoms with Gasteiger partial charge in [0.2, 0.25) is 17.7 Å². The predicted molar refractivity (Wildman–Crippen MR) is 219 cm³/mol. The molecule has 2 heterocycles. The van der Waals surface area contributed by atoms with Crippen LogP contribution in [0.5, 0.6) is 0 Å². The van der Waals surface area contributed by atoms with Crippen LogP contribution in [0.15, 0.2) is 91.0 Å². The summed E-state index contributed by atoms with van der Waals surface area (Å²) in [7, 11) is 0. The van der Waals surface area contributed by atoms with E-state index in [1.165, 1.54) is 6.92 Å². The maximum Gasteiger partial charge on any atom is 0.326 e. The predicted octanol–water partition coefficient (Wildman–Crippen LogP) is 4.13. The van der Waals surface area contributed by atoms with Crippen molar-refractivity contribution in [3.8, 4) is 0 Å². The Bertz CT molecular complexity index is 1870. The van der Waals surface area contributed by atoms with Crippen molar-refractivity contribution >= 4 is 29.7 Å². The normalized spacial score (nSPS) is 21.7. The fourth-order valence-electron chi connectivity index (χ4n) is 7.07. The quantitative estimate of drug-likeness (QED) is 0.0910. The van der Waals surface area contributed by atoms with Gasteiger partial charge in [-0.15, -0.1) is 0 Å². The number of carboxylic acid groups (broad SMARTS) is 1. The van der Waals surface area contributed by atoms with Crippen molar-refractivity contribution in [3.63, 3.8) is 0 Å². The van der Waals surface area contributed by atoms with Gasteiger partial charge < -0.3 is 50.1 Å². The molecule has 2 fully saturated rings. The van der Waals surface area contributed by atoms with Gasteiger partial charge in [0.1, 0.15) is 43.0 Å². The second-order valence-electron chi connectivity index (χ2n) is 15.8. The Morgan fingerprint density at radius 1 is 0.783 bits per heavy atom. The summed E-state index contributed by atoms with van der Waals surface area (Å²) in [5, 5.41) is 21.0. The van der Waals surface area contributed by atoms with Gasteiger partial charge in [0.15, 0.2) is 12.1 Å². The van der Waals surface area contributed by atoms with E-state index in [2.05, 4.69) is 21.3 Å². The summed E-state index contributed by atoms with van der Waals surface area (Å²) in [5.41, 5.74) is 2.67. The molecule has 0 spiro atoms. The third kappa shape index (κ3) is 13.4.